The lowest BCUT2D eigenvalue weighted by atomic mass is 10.1. The molecule has 0 fully saturated rings. The van der Waals surface area contributed by atoms with Crippen molar-refractivity contribution >= 4 is 5.57 Å². The maximum absolute atomic E-state index is 9.62. The standard InChI is InChI=1S/C13H21N3O2/c1-15(2)6-7-16-13(12(18-3)9-14-16)10-4-5-11(17)8-10/h8-9,11,17H,4-7H2,1-3H3. The molecule has 1 N–H and O–H groups in total. The minimum absolute atomic E-state index is 0.332. The van der Waals surface area contributed by atoms with Gasteiger partial charge < -0.3 is 14.7 Å². The van der Waals surface area contributed by atoms with Gasteiger partial charge in [-0.3, -0.25) is 4.68 Å². The van der Waals surface area contributed by atoms with Crippen LogP contribution in [-0.4, -0.2) is 53.6 Å². The van der Waals surface area contributed by atoms with Gasteiger partial charge in [0.2, 0.25) is 0 Å². The third-order valence-electron chi connectivity index (χ3n) is 3.19. The number of aliphatic hydroxyl groups is 1. The van der Waals surface area contributed by atoms with Crippen LogP contribution in [0.1, 0.15) is 18.5 Å². The van der Waals surface area contributed by atoms with Gasteiger partial charge >= 0.3 is 0 Å². The molecule has 1 aromatic rings. The van der Waals surface area contributed by atoms with E-state index < -0.39 is 0 Å². The Labute approximate surface area is 108 Å². The van der Waals surface area contributed by atoms with Crippen LogP contribution in [0.2, 0.25) is 0 Å². The first-order valence-corrected chi connectivity index (χ1v) is 6.25. The first kappa shape index (κ1) is 13.1. The van der Waals surface area contributed by atoms with Crippen molar-refractivity contribution in [1.82, 2.24) is 14.7 Å². The third-order valence-corrected chi connectivity index (χ3v) is 3.19. The number of nitrogens with zero attached hydrogens (tertiary/aromatic N) is 3. The molecule has 0 radical (unpaired) electrons. The molecule has 18 heavy (non-hydrogen) atoms. The molecule has 0 saturated heterocycles. The van der Waals surface area contributed by atoms with Crippen molar-refractivity contribution in [2.24, 2.45) is 0 Å². The van der Waals surface area contributed by atoms with E-state index in [1.807, 2.05) is 24.9 Å². The molecule has 100 valence electrons. The predicted octanol–water partition coefficient (Wildman–Crippen LogP) is 0.991. The van der Waals surface area contributed by atoms with Gasteiger partial charge in [0.25, 0.3) is 0 Å². The largest absolute Gasteiger partial charge is 0.493 e. The second kappa shape index (κ2) is 5.54. The second-order valence-corrected chi connectivity index (χ2v) is 4.89. The van der Waals surface area contributed by atoms with Crippen LogP contribution in [0.5, 0.6) is 5.75 Å². The van der Waals surface area contributed by atoms with E-state index in [4.69, 9.17) is 4.74 Å². The Morgan fingerprint density at radius 3 is 2.89 bits per heavy atom. The van der Waals surface area contributed by atoms with Gasteiger partial charge in [-0.25, -0.2) is 0 Å². The van der Waals surface area contributed by atoms with Crippen molar-refractivity contribution in [3.8, 4) is 5.75 Å². The predicted molar refractivity (Wildman–Crippen MR) is 70.6 cm³/mol. The number of ether oxygens (including phenoxy) is 1. The van der Waals surface area contributed by atoms with Gasteiger partial charge in [0, 0.05) is 6.54 Å². The van der Waals surface area contributed by atoms with Crippen LogP contribution in [0.25, 0.3) is 5.57 Å². The maximum atomic E-state index is 9.62. The highest BCUT2D eigenvalue weighted by molar-refractivity contribution is 5.69. The number of methoxy groups -OCH3 is 1. The summed E-state index contributed by atoms with van der Waals surface area (Å²) in [7, 11) is 5.74. The molecule has 1 aliphatic carbocycles. The molecule has 1 atom stereocenters. The molecule has 0 aliphatic heterocycles. The average Bonchev–Trinajstić information content (AvgIpc) is 2.91. The summed E-state index contributed by atoms with van der Waals surface area (Å²) in [6.45, 7) is 1.74. The highest BCUT2D eigenvalue weighted by Crippen LogP contribution is 2.33. The zero-order valence-electron chi connectivity index (χ0n) is 11.3. The quantitative estimate of drug-likeness (QED) is 0.848. The van der Waals surface area contributed by atoms with E-state index in [2.05, 4.69) is 10.00 Å². The van der Waals surface area contributed by atoms with E-state index in [1.54, 1.807) is 13.3 Å². The number of aromatic nitrogens is 2. The molecule has 0 aromatic carbocycles. The van der Waals surface area contributed by atoms with Gasteiger partial charge in [0.1, 0.15) is 5.69 Å². The fourth-order valence-electron chi connectivity index (χ4n) is 2.21. The lowest BCUT2D eigenvalue weighted by Crippen LogP contribution is -2.20. The lowest BCUT2D eigenvalue weighted by molar-refractivity contribution is 0.223. The molecule has 5 nitrogen and oxygen atoms in total. The van der Waals surface area contributed by atoms with Gasteiger partial charge in [-0.1, -0.05) is 6.08 Å². The Bertz CT molecular complexity index is 437. The average molecular weight is 251 g/mol. The van der Waals surface area contributed by atoms with E-state index in [-0.39, 0.29) is 6.10 Å². The molecule has 0 saturated carbocycles. The summed E-state index contributed by atoms with van der Waals surface area (Å²) < 4.78 is 7.32. The molecule has 1 aliphatic rings. The van der Waals surface area contributed by atoms with Gasteiger partial charge in [-0.15, -0.1) is 0 Å². The number of hydrogen-bond donors (Lipinski definition) is 1. The highest BCUT2D eigenvalue weighted by Gasteiger charge is 2.21. The van der Waals surface area contributed by atoms with Crippen LogP contribution in [-0.2, 0) is 6.54 Å². The number of hydrogen-bond acceptors (Lipinski definition) is 4. The summed E-state index contributed by atoms with van der Waals surface area (Å²) in [5, 5.41) is 14.0. The van der Waals surface area contributed by atoms with Crippen molar-refractivity contribution in [2.75, 3.05) is 27.7 Å². The number of rotatable bonds is 5. The number of allylic oxidation sites excluding steroid dienone is 1. The monoisotopic (exact) mass is 251 g/mol. The molecule has 2 rings (SSSR count). The summed E-state index contributed by atoms with van der Waals surface area (Å²) in [5.74, 6) is 0.786. The van der Waals surface area contributed by atoms with Crippen LogP contribution in [0, 0.1) is 0 Å². The normalized spacial score (nSPS) is 19.4. The van der Waals surface area contributed by atoms with Gasteiger partial charge in [0.05, 0.1) is 26.0 Å². The van der Waals surface area contributed by atoms with Crippen LogP contribution in [0.3, 0.4) is 0 Å². The summed E-state index contributed by atoms with van der Waals surface area (Å²) in [6.07, 6.45) is 4.99. The van der Waals surface area contributed by atoms with E-state index in [0.717, 1.165) is 42.9 Å². The van der Waals surface area contributed by atoms with E-state index in [1.165, 1.54) is 0 Å². The number of likely N-dealkylation sites (N-methyl/N-ethyl adjacent to an activating group) is 1. The fourth-order valence-corrected chi connectivity index (χ4v) is 2.21. The van der Waals surface area contributed by atoms with Crippen molar-refractivity contribution in [1.29, 1.82) is 0 Å². The van der Waals surface area contributed by atoms with Crippen molar-refractivity contribution in [3.05, 3.63) is 18.0 Å². The third kappa shape index (κ3) is 2.73. The Balaban J connectivity index is 2.25. The van der Waals surface area contributed by atoms with Gasteiger partial charge in [-0.05, 0) is 32.5 Å². The van der Waals surface area contributed by atoms with Crippen molar-refractivity contribution in [3.63, 3.8) is 0 Å². The lowest BCUT2D eigenvalue weighted by Gasteiger charge is -2.13. The van der Waals surface area contributed by atoms with Crippen LogP contribution >= 0.6 is 0 Å². The van der Waals surface area contributed by atoms with Crippen LogP contribution < -0.4 is 4.74 Å². The minimum Gasteiger partial charge on any atom is -0.493 e. The summed E-state index contributed by atoms with van der Waals surface area (Å²) in [4.78, 5) is 2.12. The summed E-state index contributed by atoms with van der Waals surface area (Å²) in [5.41, 5.74) is 2.14. The minimum atomic E-state index is -0.332. The summed E-state index contributed by atoms with van der Waals surface area (Å²) >= 11 is 0. The number of aliphatic hydroxyl groups excluding tert-OH is 1. The Morgan fingerprint density at radius 2 is 2.33 bits per heavy atom. The maximum Gasteiger partial charge on any atom is 0.164 e. The smallest absolute Gasteiger partial charge is 0.164 e. The Hall–Kier alpha value is -1.33. The molecular formula is C13H21N3O2. The van der Waals surface area contributed by atoms with E-state index in [9.17, 15) is 5.11 Å². The molecule has 5 heteroatoms. The second-order valence-electron chi connectivity index (χ2n) is 4.89. The highest BCUT2D eigenvalue weighted by atomic mass is 16.5. The van der Waals surface area contributed by atoms with E-state index >= 15 is 0 Å². The van der Waals surface area contributed by atoms with Crippen molar-refractivity contribution < 1.29 is 9.84 Å². The summed E-state index contributed by atoms with van der Waals surface area (Å²) in [6, 6.07) is 0. The topological polar surface area (TPSA) is 50.5 Å². The Morgan fingerprint density at radius 1 is 1.56 bits per heavy atom. The van der Waals surface area contributed by atoms with Crippen LogP contribution in [0.4, 0.5) is 0 Å². The first-order valence-electron chi connectivity index (χ1n) is 6.25. The molecule has 0 spiro atoms. The molecule has 0 amide bonds. The SMILES string of the molecule is COc1cnn(CCN(C)C)c1C1=CC(O)CC1. The zero-order valence-corrected chi connectivity index (χ0v) is 11.3. The molecule has 1 heterocycles. The van der Waals surface area contributed by atoms with E-state index in [0.29, 0.717) is 0 Å². The first-order chi connectivity index (χ1) is 8.61. The molecule has 1 aromatic heterocycles. The van der Waals surface area contributed by atoms with Crippen molar-refractivity contribution in [2.45, 2.75) is 25.5 Å². The molecule has 0 bridgehead atoms. The molecular weight excluding hydrogens is 230 g/mol. The van der Waals surface area contributed by atoms with Gasteiger partial charge in [-0.2, -0.15) is 5.10 Å². The van der Waals surface area contributed by atoms with Gasteiger partial charge in [0.15, 0.2) is 5.75 Å². The zero-order chi connectivity index (χ0) is 13.1. The van der Waals surface area contributed by atoms with Crippen LogP contribution in [0.15, 0.2) is 12.3 Å². The fraction of sp³-hybridized carbons (Fsp3) is 0.615. The Kier molecular flexibility index (Phi) is 4.04. The molecule has 1 unspecified atom stereocenters.